The molecule has 3 heteroatoms. The van der Waals surface area contributed by atoms with Crippen molar-refractivity contribution >= 4 is 99.2 Å². The van der Waals surface area contributed by atoms with Gasteiger partial charge in [0, 0.05) is 44.6 Å². The van der Waals surface area contributed by atoms with E-state index in [1.807, 2.05) is 0 Å². The summed E-state index contributed by atoms with van der Waals surface area (Å²) in [7, 11) is 0. The van der Waals surface area contributed by atoms with Gasteiger partial charge in [0.15, 0.2) is 0 Å². The lowest BCUT2D eigenvalue weighted by Crippen LogP contribution is -2.14. The average molecular weight is 1090 g/mol. The van der Waals surface area contributed by atoms with E-state index in [2.05, 4.69) is 329 Å². The fraction of sp³-hybridized carbons (Fsp3) is 0.0732. The summed E-state index contributed by atoms with van der Waals surface area (Å²) in [6, 6.07) is 107. The molecule has 0 fully saturated rings. The van der Waals surface area contributed by atoms with E-state index in [0.717, 1.165) is 66.2 Å². The Hall–Kier alpha value is -10.5. The lowest BCUT2D eigenvalue weighted by atomic mass is 9.92. The molecule has 0 atom stereocenters. The molecule has 0 unspecified atom stereocenters. The van der Waals surface area contributed by atoms with Gasteiger partial charge in [-0.05, 0) is 172 Å². The van der Waals surface area contributed by atoms with Crippen LogP contribution in [0.25, 0.3) is 110 Å². The lowest BCUT2D eigenvalue weighted by molar-refractivity contribution is 0.670. The van der Waals surface area contributed by atoms with Crippen LogP contribution in [0.5, 0.6) is 0 Å². The van der Waals surface area contributed by atoms with Crippen molar-refractivity contribution in [3.8, 4) is 44.5 Å². The van der Waals surface area contributed by atoms with E-state index in [0.29, 0.717) is 0 Å². The molecule has 0 radical (unpaired) electrons. The van der Waals surface area contributed by atoms with E-state index in [9.17, 15) is 0 Å². The summed E-state index contributed by atoms with van der Waals surface area (Å²) >= 11 is 0. The van der Waals surface area contributed by atoms with Crippen LogP contribution in [0.1, 0.15) is 50.7 Å². The quantitative estimate of drug-likeness (QED) is 0.122. The van der Waals surface area contributed by atoms with Crippen molar-refractivity contribution in [3.05, 3.63) is 302 Å². The van der Waals surface area contributed by atoms with Crippen molar-refractivity contribution < 1.29 is 4.42 Å². The first-order chi connectivity index (χ1) is 41.8. The maximum atomic E-state index is 7.01. The zero-order valence-electron chi connectivity index (χ0n) is 48.2. The summed E-state index contributed by atoms with van der Waals surface area (Å²) < 4.78 is 7.01. The molecule has 1 aromatic heterocycles. The maximum Gasteiger partial charge on any atom is 0.136 e. The maximum absolute atomic E-state index is 7.01. The van der Waals surface area contributed by atoms with Gasteiger partial charge in [0.1, 0.15) is 11.2 Å². The number of rotatable bonds is 12. The second-order valence-corrected chi connectivity index (χ2v) is 23.2. The molecule has 15 rings (SSSR count). The van der Waals surface area contributed by atoms with Crippen LogP contribution in [0, 0.1) is 0 Å². The minimum absolute atomic E-state index is 0.261. The average Bonchev–Trinajstić information content (AvgIpc) is 4.16. The highest BCUT2D eigenvalue weighted by molar-refractivity contribution is 6.14. The highest BCUT2D eigenvalue weighted by Gasteiger charge is 2.26. The van der Waals surface area contributed by atoms with Gasteiger partial charge in [0.05, 0.1) is 11.4 Å². The third-order valence-corrected chi connectivity index (χ3v) is 17.3. The van der Waals surface area contributed by atoms with Gasteiger partial charge >= 0.3 is 0 Å². The molecule has 0 aliphatic heterocycles. The van der Waals surface area contributed by atoms with E-state index >= 15 is 0 Å². The zero-order chi connectivity index (χ0) is 57.1. The lowest BCUT2D eigenvalue weighted by Gasteiger charge is -2.31. The summed E-state index contributed by atoms with van der Waals surface area (Å²) in [6.07, 6.45) is 0. The van der Waals surface area contributed by atoms with Crippen molar-refractivity contribution in [1.29, 1.82) is 0 Å². The molecule has 0 aliphatic rings. The van der Waals surface area contributed by atoms with Crippen LogP contribution in [0.4, 0.5) is 34.1 Å². The van der Waals surface area contributed by atoms with Crippen LogP contribution in [0.15, 0.2) is 296 Å². The Morgan fingerprint density at radius 3 is 1.02 bits per heavy atom. The van der Waals surface area contributed by atoms with Gasteiger partial charge in [-0.1, -0.05) is 246 Å². The van der Waals surface area contributed by atoms with Crippen LogP contribution < -0.4 is 9.80 Å². The largest absolute Gasteiger partial charge is 0.456 e. The molecule has 0 saturated carbocycles. The molecular weight excluding hydrogens is 1030 g/mol. The minimum atomic E-state index is 0.261. The van der Waals surface area contributed by atoms with E-state index in [1.165, 1.54) is 88.6 Å². The van der Waals surface area contributed by atoms with Crippen LogP contribution in [0.2, 0.25) is 0 Å². The van der Waals surface area contributed by atoms with E-state index in [-0.39, 0.29) is 11.8 Å². The summed E-state index contributed by atoms with van der Waals surface area (Å²) in [4.78, 5) is 4.95. The second-order valence-electron chi connectivity index (χ2n) is 23.2. The molecule has 0 spiro atoms. The summed E-state index contributed by atoms with van der Waals surface area (Å²) in [5.41, 5.74) is 20.5. The van der Waals surface area contributed by atoms with Gasteiger partial charge in [-0.25, -0.2) is 0 Å². The summed E-state index contributed by atoms with van der Waals surface area (Å²) in [5, 5.41) is 11.7. The predicted octanol–water partition coefficient (Wildman–Crippen LogP) is 24.1. The number of para-hydroxylation sites is 2. The molecule has 1 heterocycles. The van der Waals surface area contributed by atoms with Gasteiger partial charge in [-0.3, -0.25) is 0 Å². The topological polar surface area (TPSA) is 19.6 Å². The number of benzene rings is 14. The Balaban J connectivity index is 0.861. The smallest absolute Gasteiger partial charge is 0.136 e. The molecular formula is C82H62N2O. The van der Waals surface area contributed by atoms with E-state index < -0.39 is 0 Å². The van der Waals surface area contributed by atoms with Gasteiger partial charge in [0.25, 0.3) is 0 Å². The molecule has 0 saturated heterocycles. The number of hydrogen-bond donors (Lipinski definition) is 0. The first-order valence-corrected chi connectivity index (χ1v) is 29.8. The first kappa shape index (κ1) is 51.4. The molecule has 14 aromatic carbocycles. The molecule has 0 bridgehead atoms. The molecule has 406 valence electrons. The number of nitrogens with zero attached hydrogens (tertiary/aromatic N) is 2. The van der Waals surface area contributed by atoms with Gasteiger partial charge < -0.3 is 14.2 Å². The standard InChI is InChI=1S/C82H62N2O/c1-53(2)69-29-17-33-75(57-19-7-5-8-20-57)81(69)83(65-41-35-59(36-42-65)73-31-15-25-55-23-11-13-27-71(55)73)67-45-39-61-49-77-78-50-62-40-46-68(48-64(62)52-80(78)85-79(77)51-63(61)47-67)84(82-70(54(3)4)30-18-34-76(82)58-21-9-6-10-22-58)66-43-37-60(38-44-66)74-32-16-26-56-24-12-14-28-72(56)74/h5-54H,1-4H3. The molecule has 0 N–H and O–H groups in total. The van der Waals surface area contributed by atoms with Crippen molar-refractivity contribution in [2.45, 2.75) is 39.5 Å². The Labute approximate surface area is 496 Å². The Morgan fingerprint density at radius 2 is 0.600 bits per heavy atom. The van der Waals surface area contributed by atoms with Gasteiger partial charge in [-0.2, -0.15) is 0 Å². The Morgan fingerprint density at radius 1 is 0.247 bits per heavy atom. The molecule has 0 aliphatic carbocycles. The van der Waals surface area contributed by atoms with Crippen molar-refractivity contribution in [3.63, 3.8) is 0 Å². The SMILES string of the molecule is CC(C)c1cccc(-c2ccccc2)c1N(c1ccc(-c2cccc3ccccc23)cc1)c1ccc2cc3c(cc2c1)oc1cc2cc(N(c4ccc(-c5cccc6ccccc56)cc4)c4c(-c5ccccc5)cccc4C(C)C)ccc2cc13. The second kappa shape index (κ2) is 21.4. The van der Waals surface area contributed by atoms with Crippen molar-refractivity contribution in [2.75, 3.05) is 9.80 Å². The number of anilines is 6. The fourth-order valence-corrected chi connectivity index (χ4v) is 13.1. The number of fused-ring (bicyclic) bond motifs is 7. The minimum Gasteiger partial charge on any atom is -0.456 e. The van der Waals surface area contributed by atoms with Gasteiger partial charge in [0.2, 0.25) is 0 Å². The predicted molar refractivity (Wildman–Crippen MR) is 363 cm³/mol. The normalized spacial score (nSPS) is 11.7. The summed E-state index contributed by atoms with van der Waals surface area (Å²) in [5.74, 6) is 0.522. The van der Waals surface area contributed by atoms with Crippen LogP contribution in [-0.4, -0.2) is 0 Å². The molecule has 3 nitrogen and oxygen atoms in total. The third-order valence-electron chi connectivity index (χ3n) is 17.3. The molecule has 85 heavy (non-hydrogen) atoms. The van der Waals surface area contributed by atoms with Crippen LogP contribution in [0.3, 0.4) is 0 Å². The van der Waals surface area contributed by atoms with Crippen molar-refractivity contribution in [2.24, 2.45) is 0 Å². The monoisotopic (exact) mass is 1090 g/mol. The van der Waals surface area contributed by atoms with Crippen LogP contribution in [-0.2, 0) is 0 Å². The Kier molecular flexibility index (Phi) is 12.9. The van der Waals surface area contributed by atoms with Gasteiger partial charge in [-0.15, -0.1) is 0 Å². The highest BCUT2D eigenvalue weighted by Crippen LogP contribution is 2.49. The number of furan rings is 1. The van der Waals surface area contributed by atoms with Crippen LogP contribution >= 0.6 is 0 Å². The first-order valence-electron chi connectivity index (χ1n) is 29.8. The molecule has 15 aromatic rings. The van der Waals surface area contributed by atoms with E-state index in [1.54, 1.807) is 0 Å². The van der Waals surface area contributed by atoms with E-state index in [4.69, 9.17) is 4.42 Å². The number of hydrogen-bond acceptors (Lipinski definition) is 3. The van der Waals surface area contributed by atoms with Crippen molar-refractivity contribution in [1.82, 2.24) is 0 Å². The zero-order valence-corrected chi connectivity index (χ0v) is 48.2. The third kappa shape index (κ3) is 9.26. The highest BCUT2D eigenvalue weighted by atomic mass is 16.3. The Bertz CT molecular complexity index is 4670. The molecule has 0 amide bonds. The fourth-order valence-electron chi connectivity index (χ4n) is 13.1. The summed E-state index contributed by atoms with van der Waals surface area (Å²) in [6.45, 7) is 9.20.